The highest BCUT2D eigenvalue weighted by Crippen LogP contribution is 2.27. The molecule has 0 saturated heterocycles. The summed E-state index contributed by atoms with van der Waals surface area (Å²) in [7, 11) is 0. The van der Waals surface area contributed by atoms with Crippen LogP contribution >= 0.6 is 0 Å². The topological polar surface area (TPSA) is 72.7 Å². The molecule has 0 atom stereocenters. The first-order valence-corrected chi connectivity index (χ1v) is 7.93. The molecule has 0 radical (unpaired) electrons. The first kappa shape index (κ1) is 14.7. The van der Waals surface area contributed by atoms with E-state index in [2.05, 4.69) is 20.4 Å². The number of aromatic nitrogens is 4. The van der Waals surface area contributed by atoms with Gasteiger partial charge in [0.15, 0.2) is 0 Å². The molecule has 1 saturated carbocycles. The summed E-state index contributed by atoms with van der Waals surface area (Å²) in [5, 5.41) is 6.92. The molecule has 1 fully saturated rings. The summed E-state index contributed by atoms with van der Waals surface area (Å²) in [6.45, 7) is 0. The van der Waals surface area contributed by atoms with E-state index in [1.807, 2.05) is 6.07 Å². The highest BCUT2D eigenvalue weighted by atomic mass is 16.1. The van der Waals surface area contributed by atoms with E-state index >= 15 is 0 Å². The average Bonchev–Trinajstić information content (AvgIpc) is 3.09. The number of rotatable bonds is 5. The molecule has 2 aromatic rings. The number of amides is 1. The van der Waals surface area contributed by atoms with E-state index in [9.17, 15) is 4.79 Å². The minimum atomic E-state index is 0.0426. The van der Waals surface area contributed by atoms with Gasteiger partial charge in [-0.05, 0) is 18.4 Å². The molecule has 0 unspecified atom stereocenters. The van der Waals surface area contributed by atoms with Gasteiger partial charge >= 0.3 is 0 Å². The van der Waals surface area contributed by atoms with Crippen molar-refractivity contribution in [3.63, 3.8) is 0 Å². The van der Waals surface area contributed by atoms with E-state index in [0.717, 1.165) is 12.3 Å². The lowest BCUT2D eigenvalue weighted by Crippen LogP contribution is -2.15. The third-order valence-electron chi connectivity index (χ3n) is 4.14. The number of nitrogens with zero attached hydrogens (tertiary/aromatic N) is 4. The lowest BCUT2D eigenvalue weighted by Gasteiger charge is -2.20. The summed E-state index contributed by atoms with van der Waals surface area (Å²) < 4.78 is 1.58. The molecule has 2 aromatic heterocycles. The van der Waals surface area contributed by atoms with Crippen molar-refractivity contribution >= 4 is 11.6 Å². The Morgan fingerprint density at radius 3 is 2.68 bits per heavy atom. The molecule has 0 spiro atoms. The molecule has 0 aromatic carbocycles. The molecule has 2 heterocycles. The van der Waals surface area contributed by atoms with E-state index in [1.165, 1.54) is 32.1 Å². The molecule has 116 valence electrons. The van der Waals surface area contributed by atoms with Crippen molar-refractivity contribution in [2.75, 3.05) is 5.32 Å². The third kappa shape index (κ3) is 3.90. The van der Waals surface area contributed by atoms with Gasteiger partial charge in [-0.3, -0.25) is 4.79 Å². The number of hydrogen-bond acceptors (Lipinski definition) is 4. The zero-order valence-corrected chi connectivity index (χ0v) is 12.6. The fraction of sp³-hybridized carbons (Fsp3) is 0.500. The molecule has 22 heavy (non-hydrogen) atoms. The van der Waals surface area contributed by atoms with Gasteiger partial charge in [-0.25, -0.2) is 14.6 Å². The Hall–Kier alpha value is -2.24. The van der Waals surface area contributed by atoms with Crippen LogP contribution in [0.5, 0.6) is 0 Å². The molecule has 1 N–H and O–H groups in total. The first-order valence-electron chi connectivity index (χ1n) is 7.93. The molecule has 1 amide bonds. The van der Waals surface area contributed by atoms with E-state index in [0.29, 0.717) is 18.1 Å². The van der Waals surface area contributed by atoms with Crippen LogP contribution in [0.15, 0.2) is 30.9 Å². The second-order valence-corrected chi connectivity index (χ2v) is 5.81. The maximum absolute atomic E-state index is 12.0. The summed E-state index contributed by atoms with van der Waals surface area (Å²) in [5.41, 5.74) is 0.629. The van der Waals surface area contributed by atoms with Gasteiger partial charge in [-0.15, -0.1) is 0 Å². The van der Waals surface area contributed by atoms with Gasteiger partial charge in [0.25, 0.3) is 5.95 Å². The minimum Gasteiger partial charge on any atom is -0.323 e. The molecule has 3 rings (SSSR count). The Balaban J connectivity index is 1.48. The summed E-state index contributed by atoms with van der Waals surface area (Å²) in [5.74, 6) is 1.25. The van der Waals surface area contributed by atoms with Crippen LogP contribution < -0.4 is 5.32 Å². The molecule has 1 aliphatic carbocycles. The van der Waals surface area contributed by atoms with Crippen molar-refractivity contribution in [2.45, 2.75) is 44.9 Å². The Morgan fingerprint density at radius 1 is 1.23 bits per heavy atom. The fourth-order valence-corrected chi connectivity index (χ4v) is 2.93. The monoisotopic (exact) mass is 299 g/mol. The summed E-state index contributed by atoms with van der Waals surface area (Å²) >= 11 is 0. The largest absolute Gasteiger partial charge is 0.323 e. The van der Waals surface area contributed by atoms with Crippen LogP contribution in [0.4, 0.5) is 5.69 Å². The Kier molecular flexibility index (Phi) is 4.78. The van der Waals surface area contributed by atoms with Crippen LogP contribution in [0.25, 0.3) is 5.95 Å². The molecular formula is C16H21N5O. The highest BCUT2D eigenvalue weighted by Gasteiger charge is 2.15. The SMILES string of the molecule is O=C(CCC1CCCCC1)Nc1cnc(-n2cccn2)nc1. The number of anilines is 1. The van der Waals surface area contributed by atoms with Gasteiger partial charge in [-0.2, -0.15) is 5.10 Å². The van der Waals surface area contributed by atoms with E-state index in [1.54, 1.807) is 29.5 Å². The second-order valence-electron chi connectivity index (χ2n) is 5.81. The van der Waals surface area contributed by atoms with E-state index in [-0.39, 0.29) is 5.91 Å². The molecule has 0 bridgehead atoms. The summed E-state index contributed by atoms with van der Waals surface area (Å²) in [6.07, 6.45) is 14.8. The average molecular weight is 299 g/mol. The lowest BCUT2D eigenvalue weighted by atomic mass is 9.86. The van der Waals surface area contributed by atoms with Crippen molar-refractivity contribution in [3.8, 4) is 5.95 Å². The highest BCUT2D eigenvalue weighted by molar-refractivity contribution is 5.90. The van der Waals surface area contributed by atoms with Crippen LogP contribution in [-0.4, -0.2) is 25.7 Å². The lowest BCUT2D eigenvalue weighted by molar-refractivity contribution is -0.116. The number of hydrogen-bond donors (Lipinski definition) is 1. The molecule has 1 aliphatic rings. The Labute approximate surface area is 130 Å². The van der Waals surface area contributed by atoms with Gasteiger partial charge in [0.1, 0.15) is 0 Å². The van der Waals surface area contributed by atoms with Crippen LogP contribution in [0.3, 0.4) is 0 Å². The van der Waals surface area contributed by atoms with Crippen molar-refractivity contribution in [1.82, 2.24) is 19.7 Å². The van der Waals surface area contributed by atoms with Crippen LogP contribution in [0, 0.1) is 5.92 Å². The second kappa shape index (κ2) is 7.15. The van der Waals surface area contributed by atoms with E-state index in [4.69, 9.17) is 0 Å². The predicted octanol–water partition coefficient (Wildman–Crippen LogP) is 2.96. The van der Waals surface area contributed by atoms with Crippen LogP contribution in [0.2, 0.25) is 0 Å². The Bertz CT molecular complexity index is 588. The number of nitrogens with one attached hydrogen (secondary N) is 1. The first-order chi connectivity index (χ1) is 10.8. The van der Waals surface area contributed by atoms with Crippen molar-refractivity contribution < 1.29 is 4.79 Å². The van der Waals surface area contributed by atoms with Crippen molar-refractivity contribution in [1.29, 1.82) is 0 Å². The van der Waals surface area contributed by atoms with Gasteiger partial charge in [0.2, 0.25) is 5.91 Å². The molecule has 6 heteroatoms. The minimum absolute atomic E-state index is 0.0426. The standard InChI is InChI=1S/C16H21N5O/c22-15(8-7-13-5-2-1-3-6-13)20-14-11-17-16(18-12-14)21-10-4-9-19-21/h4,9-13H,1-3,5-8H2,(H,20,22). The van der Waals surface area contributed by atoms with Crippen LogP contribution in [0.1, 0.15) is 44.9 Å². The van der Waals surface area contributed by atoms with Crippen molar-refractivity contribution in [2.24, 2.45) is 5.92 Å². The zero-order valence-electron chi connectivity index (χ0n) is 12.6. The summed E-state index contributed by atoms with van der Waals surface area (Å²) in [6, 6.07) is 1.81. The quantitative estimate of drug-likeness (QED) is 0.921. The maximum Gasteiger partial charge on any atom is 0.250 e. The fourth-order valence-electron chi connectivity index (χ4n) is 2.93. The van der Waals surface area contributed by atoms with Crippen molar-refractivity contribution in [3.05, 3.63) is 30.9 Å². The van der Waals surface area contributed by atoms with E-state index < -0.39 is 0 Å². The van der Waals surface area contributed by atoms with Gasteiger partial charge < -0.3 is 5.32 Å². The third-order valence-corrected chi connectivity index (χ3v) is 4.14. The number of carbonyl (C=O) groups excluding carboxylic acids is 1. The molecule has 0 aliphatic heterocycles. The van der Waals surface area contributed by atoms with Gasteiger partial charge in [0, 0.05) is 18.8 Å². The summed E-state index contributed by atoms with van der Waals surface area (Å²) in [4.78, 5) is 20.4. The predicted molar refractivity (Wildman–Crippen MR) is 83.6 cm³/mol. The number of carbonyl (C=O) groups is 1. The zero-order chi connectivity index (χ0) is 15.2. The smallest absolute Gasteiger partial charge is 0.250 e. The van der Waals surface area contributed by atoms with Crippen LogP contribution in [-0.2, 0) is 4.79 Å². The van der Waals surface area contributed by atoms with Gasteiger partial charge in [-0.1, -0.05) is 32.1 Å². The Morgan fingerprint density at radius 2 is 2.00 bits per heavy atom. The normalized spacial score (nSPS) is 15.6. The molecule has 6 nitrogen and oxygen atoms in total. The molecular weight excluding hydrogens is 278 g/mol. The maximum atomic E-state index is 12.0. The van der Waals surface area contributed by atoms with Gasteiger partial charge in [0.05, 0.1) is 18.1 Å².